The van der Waals surface area contributed by atoms with Crippen LogP contribution >= 0.6 is 11.6 Å². The van der Waals surface area contributed by atoms with E-state index in [9.17, 15) is 17.6 Å². The Morgan fingerprint density at radius 2 is 1.94 bits per heavy atom. The smallest absolute Gasteiger partial charge is 0.266 e. The SMILES string of the molecule is O=C(c1cccc(N(Cc2ccc(Cl)cc2)S(=O)(=O)c2cccnc2)c1)N1CC[C@@H](F)C1. The Kier molecular flexibility index (Phi) is 6.43. The summed E-state index contributed by atoms with van der Waals surface area (Å²) in [5.74, 6) is -0.322. The molecular formula is C23H21ClFN3O3S. The van der Waals surface area contributed by atoms with Gasteiger partial charge in [0.05, 0.1) is 18.8 Å². The number of aromatic nitrogens is 1. The maximum absolute atomic E-state index is 13.6. The Balaban J connectivity index is 1.73. The number of sulfonamides is 1. The van der Waals surface area contributed by atoms with Gasteiger partial charge in [-0.15, -0.1) is 0 Å². The summed E-state index contributed by atoms with van der Waals surface area (Å²) in [6, 6.07) is 16.3. The van der Waals surface area contributed by atoms with Crippen LogP contribution in [0.15, 0.2) is 78.0 Å². The van der Waals surface area contributed by atoms with Gasteiger partial charge in [0.2, 0.25) is 0 Å². The van der Waals surface area contributed by atoms with Crippen LogP contribution < -0.4 is 4.31 Å². The van der Waals surface area contributed by atoms with Crippen molar-refractivity contribution in [3.63, 3.8) is 0 Å². The summed E-state index contributed by atoms with van der Waals surface area (Å²) in [4.78, 5) is 18.3. The molecule has 0 saturated carbocycles. The van der Waals surface area contributed by atoms with Gasteiger partial charge in [0, 0.05) is 29.5 Å². The van der Waals surface area contributed by atoms with Crippen LogP contribution in [0.2, 0.25) is 5.02 Å². The molecule has 1 amide bonds. The number of halogens is 2. The molecule has 0 radical (unpaired) electrons. The highest BCUT2D eigenvalue weighted by molar-refractivity contribution is 7.92. The van der Waals surface area contributed by atoms with Crippen LogP contribution in [0.1, 0.15) is 22.3 Å². The van der Waals surface area contributed by atoms with Gasteiger partial charge in [-0.05, 0) is 54.4 Å². The standard InChI is InChI=1S/C23H21ClFN3O3S/c24-19-8-6-17(7-9-19)15-28(32(30,31)22-5-2-11-26-14-22)21-4-1-3-18(13-21)23(29)27-12-10-20(25)16-27/h1-9,11,13-14,20H,10,12,15-16H2/t20-/m1/s1. The molecule has 1 atom stereocenters. The van der Waals surface area contributed by atoms with Gasteiger partial charge in [0.25, 0.3) is 15.9 Å². The van der Waals surface area contributed by atoms with Crippen molar-refractivity contribution in [1.29, 1.82) is 0 Å². The molecule has 1 aromatic heterocycles. The molecule has 0 spiro atoms. The number of hydrogen-bond donors (Lipinski definition) is 0. The molecule has 6 nitrogen and oxygen atoms in total. The average molecular weight is 474 g/mol. The zero-order valence-corrected chi connectivity index (χ0v) is 18.6. The van der Waals surface area contributed by atoms with Crippen molar-refractivity contribution in [3.05, 3.63) is 89.2 Å². The van der Waals surface area contributed by atoms with Gasteiger partial charge in [-0.25, -0.2) is 12.8 Å². The van der Waals surface area contributed by atoms with Crippen LogP contribution in [0.25, 0.3) is 0 Å². The van der Waals surface area contributed by atoms with Gasteiger partial charge in [0.15, 0.2) is 0 Å². The molecule has 0 aliphatic carbocycles. The van der Waals surface area contributed by atoms with Gasteiger partial charge >= 0.3 is 0 Å². The maximum atomic E-state index is 13.6. The zero-order chi connectivity index (χ0) is 22.7. The first-order valence-corrected chi connectivity index (χ1v) is 11.9. The third kappa shape index (κ3) is 4.76. The van der Waals surface area contributed by atoms with Crippen LogP contribution in [-0.2, 0) is 16.6 Å². The van der Waals surface area contributed by atoms with Gasteiger partial charge in [-0.2, -0.15) is 0 Å². The lowest BCUT2D eigenvalue weighted by Crippen LogP contribution is -2.32. The first kappa shape index (κ1) is 22.2. The summed E-state index contributed by atoms with van der Waals surface area (Å²) in [5.41, 5.74) is 1.35. The number of alkyl halides is 1. The lowest BCUT2D eigenvalue weighted by atomic mass is 10.1. The number of carbonyl (C=O) groups excluding carboxylic acids is 1. The third-order valence-electron chi connectivity index (χ3n) is 5.26. The number of anilines is 1. The van der Waals surface area contributed by atoms with E-state index in [1.54, 1.807) is 48.5 Å². The summed E-state index contributed by atoms with van der Waals surface area (Å²) < 4.78 is 41.8. The molecule has 2 heterocycles. The number of hydrogen-bond acceptors (Lipinski definition) is 4. The molecule has 3 aromatic rings. The number of likely N-dealkylation sites (tertiary alicyclic amines) is 1. The van der Waals surface area contributed by atoms with E-state index in [0.29, 0.717) is 29.2 Å². The van der Waals surface area contributed by atoms with Crippen molar-refractivity contribution >= 4 is 33.2 Å². The Morgan fingerprint density at radius 3 is 2.59 bits per heavy atom. The van der Waals surface area contributed by atoms with E-state index in [0.717, 1.165) is 5.56 Å². The van der Waals surface area contributed by atoms with Gasteiger partial charge in [-0.1, -0.05) is 29.8 Å². The molecule has 1 aliphatic heterocycles. The lowest BCUT2D eigenvalue weighted by molar-refractivity contribution is 0.0783. The zero-order valence-electron chi connectivity index (χ0n) is 17.1. The van der Waals surface area contributed by atoms with Crippen molar-refractivity contribution in [2.45, 2.75) is 24.0 Å². The maximum Gasteiger partial charge on any atom is 0.266 e. The molecular weight excluding hydrogens is 453 g/mol. The highest BCUT2D eigenvalue weighted by atomic mass is 35.5. The molecule has 0 bridgehead atoms. The van der Waals surface area contributed by atoms with Crippen LogP contribution in [0.3, 0.4) is 0 Å². The lowest BCUT2D eigenvalue weighted by Gasteiger charge is -2.25. The fourth-order valence-corrected chi connectivity index (χ4v) is 5.11. The summed E-state index contributed by atoms with van der Waals surface area (Å²) >= 11 is 5.97. The third-order valence-corrected chi connectivity index (χ3v) is 7.27. The van der Waals surface area contributed by atoms with E-state index in [-0.39, 0.29) is 23.9 Å². The topological polar surface area (TPSA) is 70.6 Å². The molecule has 166 valence electrons. The van der Waals surface area contributed by atoms with Crippen LogP contribution in [-0.4, -0.2) is 43.5 Å². The number of benzene rings is 2. The van der Waals surface area contributed by atoms with Crippen LogP contribution in [0.5, 0.6) is 0 Å². The quantitative estimate of drug-likeness (QED) is 0.534. The molecule has 1 fully saturated rings. The van der Waals surface area contributed by atoms with E-state index in [2.05, 4.69) is 4.98 Å². The van der Waals surface area contributed by atoms with Crippen molar-refractivity contribution in [2.24, 2.45) is 0 Å². The summed E-state index contributed by atoms with van der Waals surface area (Å²) in [7, 11) is -3.98. The number of nitrogens with zero attached hydrogens (tertiary/aromatic N) is 3. The highest BCUT2D eigenvalue weighted by Gasteiger charge is 2.29. The Hall–Kier alpha value is -2.97. The largest absolute Gasteiger partial charge is 0.336 e. The fourth-order valence-electron chi connectivity index (χ4n) is 3.58. The second kappa shape index (κ2) is 9.26. The number of pyridine rings is 1. The minimum atomic E-state index is -3.98. The first-order valence-electron chi connectivity index (χ1n) is 10.1. The Labute approximate surface area is 191 Å². The number of carbonyl (C=O) groups is 1. The highest BCUT2D eigenvalue weighted by Crippen LogP contribution is 2.28. The number of amides is 1. The summed E-state index contributed by atoms with van der Waals surface area (Å²) in [6.45, 7) is 0.417. The van der Waals surface area contributed by atoms with Gasteiger partial charge in [-0.3, -0.25) is 14.1 Å². The predicted octanol–water partition coefficient (Wildman–Crippen LogP) is 4.31. The normalized spacial score (nSPS) is 16.2. The molecule has 32 heavy (non-hydrogen) atoms. The van der Waals surface area contributed by atoms with Crippen molar-refractivity contribution in [2.75, 3.05) is 17.4 Å². The first-order chi connectivity index (χ1) is 15.3. The van der Waals surface area contributed by atoms with Crippen molar-refractivity contribution in [3.8, 4) is 0 Å². The van der Waals surface area contributed by atoms with E-state index in [1.165, 1.54) is 33.7 Å². The molecule has 4 rings (SSSR count). The molecule has 9 heteroatoms. The van der Waals surface area contributed by atoms with Gasteiger partial charge < -0.3 is 4.90 Å². The van der Waals surface area contributed by atoms with Crippen molar-refractivity contribution < 1.29 is 17.6 Å². The molecule has 2 aromatic carbocycles. The Morgan fingerprint density at radius 1 is 1.16 bits per heavy atom. The second-order valence-electron chi connectivity index (χ2n) is 7.51. The monoisotopic (exact) mass is 473 g/mol. The Bertz CT molecular complexity index is 1210. The van der Waals surface area contributed by atoms with E-state index in [4.69, 9.17) is 11.6 Å². The summed E-state index contributed by atoms with van der Waals surface area (Å²) in [5, 5.41) is 0.541. The van der Waals surface area contributed by atoms with Crippen molar-refractivity contribution in [1.82, 2.24) is 9.88 Å². The van der Waals surface area contributed by atoms with E-state index in [1.807, 2.05) is 0 Å². The fraction of sp³-hybridized carbons (Fsp3) is 0.217. The molecule has 1 saturated heterocycles. The van der Waals surface area contributed by atoms with Gasteiger partial charge in [0.1, 0.15) is 11.1 Å². The minimum Gasteiger partial charge on any atom is -0.336 e. The molecule has 1 aliphatic rings. The second-order valence-corrected chi connectivity index (χ2v) is 9.81. The van der Waals surface area contributed by atoms with E-state index >= 15 is 0 Å². The van der Waals surface area contributed by atoms with E-state index < -0.39 is 16.2 Å². The van der Waals surface area contributed by atoms with Crippen LogP contribution in [0.4, 0.5) is 10.1 Å². The van der Waals surface area contributed by atoms with Crippen LogP contribution in [0, 0.1) is 0 Å². The number of rotatable bonds is 6. The summed E-state index contributed by atoms with van der Waals surface area (Å²) in [6.07, 6.45) is 2.05. The minimum absolute atomic E-state index is 0.0301. The molecule has 0 unspecified atom stereocenters. The average Bonchev–Trinajstić information content (AvgIpc) is 3.25. The predicted molar refractivity (Wildman–Crippen MR) is 121 cm³/mol. The molecule has 0 N–H and O–H groups in total.